The lowest BCUT2D eigenvalue weighted by Gasteiger charge is -2.10. The van der Waals surface area contributed by atoms with Crippen molar-refractivity contribution in [2.45, 2.75) is 24.3 Å². The quantitative estimate of drug-likeness (QED) is 0.119. The summed E-state index contributed by atoms with van der Waals surface area (Å²) in [7, 11) is 1.55. The molecule has 0 radical (unpaired) electrons. The second-order valence-corrected chi connectivity index (χ2v) is 9.69. The van der Waals surface area contributed by atoms with Crippen molar-refractivity contribution in [3.8, 4) is 5.75 Å². The van der Waals surface area contributed by atoms with E-state index in [-0.39, 0.29) is 10.9 Å². The van der Waals surface area contributed by atoms with E-state index in [1.165, 1.54) is 35.4 Å². The molecule has 11 heteroatoms. The van der Waals surface area contributed by atoms with Crippen LogP contribution in [0.5, 0.6) is 5.75 Å². The standard InChI is InChI=1S/C24H19ClF2N4O2S2/c1-13-9-17(22(26)27)30-24(29-13)34-12-15-10-14(7-8-18(15)33-2)11-28-31-23(32)21-20(25)16-5-3-4-6-19(16)35-21/h3-11,22H,12H2,1-2H3,(H,31,32)/b28-11+. The summed E-state index contributed by atoms with van der Waals surface area (Å²) in [6, 6.07) is 14.2. The Morgan fingerprint density at radius 3 is 2.80 bits per heavy atom. The maximum absolute atomic E-state index is 13.1. The van der Waals surface area contributed by atoms with Gasteiger partial charge in [-0.25, -0.2) is 24.2 Å². The van der Waals surface area contributed by atoms with Gasteiger partial charge in [0.25, 0.3) is 12.3 Å². The number of fused-ring (bicyclic) bond motifs is 1. The van der Waals surface area contributed by atoms with E-state index in [0.29, 0.717) is 32.7 Å². The first kappa shape index (κ1) is 25.0. The molecule has 2 aromatic carbocycles. The Hall–Kier alpha value is -3.08. The maximum atomic E-state index is 13.1. The molecule has 0 unspecified atom stereocenters. The molecule has 4 rings (SSSR count). The SMILES string of the molecule is COc1ccc(/C=N/NC(=O)c2sc3ccccc3c2Cl)cc1CSc1nc(C)cc(C(F)F)n1. The normalized spacial score (nSPS) is 11.5. The molecule has 180 valence electrons. The molecule has 1 N–H and O–H groups in total. The number of rotatable bonds is 8. The van der Waals surface area contributed by atoms with Gasteiger partial charge in [-0.3, -0.25) is 4.79 Å². The van der Waals surface area contributed by atoms with Gasteiger partial charge in [-0.15, -0.1) is 11.3 Å². The third-order valence-corrected chi connectivity index (χ3v) is 7.43. The predicted molar refractivity (Wildman–Crippen MR) is 136 cm³/mol. The fourth-order valence-corrected chi connectivity index (χ4v) is 5.55. The molecule has 35 heavy (non-hydrogen) atoms. The molecule has 0 aliphatic rings. The lowest BCUT2D eigenvalue weighted by atomic mass is 10.1. The van der Waals surface area contributed by atoms with Crippen LogP contribution in [0.25, 0.3) is 10.1 Å². The van der Waals surface area contributed by atoms with E-state index in [1.807, 2.05) is 30.3 Å². The molecule has 0 atom stereocenters. The number of methoxy groups -OCH3 is 1. The average Bonchev–Trinajstić information content (AvgIpc) is 3.19. The highest BCUT2D eigenvalue weighted by molar-refractivity contribution is 7.98. The van der Waals surface area contributed by atoms with Crippen LogP contribution in [-0.2, 0) is 5.75 Å². The highest BCUT2D eigenvalue weighted by atomic mass is 35.5. The Balaban J connectivity index is 1.46. The van der Waals surface area contributed by atoms with Gasteiger partial charge in [0.05, 0.1) is 18.3 Å². The highest BCUT2D eigenvalue weighted by Gasteiger charge is 2.16. The molecule has 0 saturated heterocycles. The Morgan fingerprint density at radius 2 is 2.06 bits per heavy atom. The van der Waals surface area contributed by atoms with E-state index in [1.54, 1.807) is 26.2 Å². The maximum Gasteiger partial charge on any atom is 0.283 e. The number of carbonyl (C=O) groups is 1. The van der Waals surface area contributed by atoms with E-state index in [4.69, 9.17) is 16.3 Å². The number of aryl methyl sites for hydroxylation is 1. The summed E-state index contributed by atoms with van der Waals surface area (Å²) in [5.41, 5.74) is 4.18. The zero-order valence-corrected chi connectivity index (χ0v) is 21.0. The molecule has 1 amide bonds. The molecule has 0 fully saturated rings. The number of hydrogen-bond donors (Lipinski definition) is 1. The van der Waals surface area contributed by atoms with Gasteiger partial charge in [0.15, 0.2) is 5.16 Å². The number of amides is 1. The van der Waals surface area contributed by atoms with Crippen LogP contribution in [0.15, 0.2) is 58.8 Å². The van der Waals surface area contributed by atoms with Crippen LogP contribution in [0, 0.1) is 6.92 Å². The van der Waals surface area contributed by atoms with Crippen molar-refractivity contribution < 1.29 is 18.3 Å². The number of nitrogens with zero attached hydrogens (tertiary/aromatic N) is 3. The molecular weight excluding hydrogens is 514 g/mol. The number of halogens is 3. The zero-order chi connectivity index (χ0) is 24.9. The number of aromatic nitrogens is 2. The molecule has 0 aliphatic carbocycles. The van der Waals surface area contributed by atoms with Gasteiger partial charge >= 0.3 is 0 Å². The molecule has 6 nitrogen and oxygen atoms in total. The van der Waals surface area contributed by atoms with Crippen molar-refractivity contribution >= 4 is 56.9 Å². The number of nitrogens with one attached hydrogen (secondary N) is 1. The molecule has 0 saturated carbocycles. The van der Waals surface area contributed by atoms with E-state index in [0.717, 1.165) is 15.6 Å². The number of hydrazone groups is 1. The first-order valence-corrected chi connectivity index (χ1v) is 12.5. The van der Waals surface area contributed by atoms with Crippen molar-refractivity contribution in [2.75, 3.05) is 7.11 Å². The highest BCUT2D eigenvalue weighted by Crippen LogP contribution is 2.35. The van der Waals surface area contributed by atoms with Gasteiger partial charge in [0, 0.05) is 27.1 Å². The van der Waals surface area contributed by atoms with Crippen LogP contribution >= 0.6 is 34.7 Å². The first-order valence-electron chi connectivity index (χ1n) is 10.3. The van der Waals surface area contributed by atoms with Crippen LogP contribution in [-0.4, -0.2) is 29.2 Å². The Morgan fingerprint density at radius 1 is 1.26 bits per heavy atom. The number of alkyl halides is 2. The second kappa shape index (κ2) is 11.1. The second-order valence-electron chi connectivity index (χ2n) is 7.32. The third-order valence-electron chi connectivity index (χ3n) is 4.86. The van der Waals surface area contributed by atoms with Crippen molar-refractivity contribution in [1.29, 1.82) is 0 Å². The minimum absolute atomic E-state index is 0.258. The van der Waals surface area contributed by atoms with Gasteiger partial charge in [-0.2, -0.15) is 5.10 Å². The average molecular weight is 533 g/mol. The van der Waals surface area contributed by atoms with Gasteiger partial charge in [0.2, 0.25) is 0 Å². The molecule has 0 spiro atoms. The smallest absolute Gasteiger partial charge is 0.283 e. The van der Waals surface area contributed by atoms with Crippen molar-refractivity contribution in [2.24, 2.45) is 5.10 Å². The molecule has 2 aromatic heterocycles. The fourth-order valence-electron chi connectivity index (χ4n) is 3.25. The van der Waals surface area contributed by atoms with Crippen LogP contribution in [0.3, 0.4) is 0 Å². The Bertz CT molecular complexity index is 1410. The topological polar surface area (TPSA) is 76.5 Å². The molecule has 2 heterocycles. The van der Waals surface area contributed by atoms with Crippen LogP contribution < -0.4 is 10.2 Å². The Labute approximate surface area is 213 Å². The van der Waals surface area contributed by atoms with E-state index in [2.05, 4.69) is 20.5 Å². The minimum atomic E-state index is -2.66. The summed E-state index contributed by atoms with van der Waals surface area (Å²) in [5, 5.41) is 5.53. The number of thiophene rings is 1. The van der Waals surface area contributed by atoms with Gasteiger partial charge in [-0.1, -0.05) is 41.6 Å². The molecule has 0 bridgehead atoms. The van der Waals surface area contributed by atoms with Crippen LogP contribution in [0.2, 0.25) is 5.02 Å². The van der Waals surface area contributed by atoms with Crippen LogP contribution in [0.4, 0.5) is 8.78 Å². The summed E-state index contributed by atoms with van der Waals surface area (Å²) < 4.78 is 32.4. The van der Waals surface area contributed by atoms with Crippen molar-refractivity contribution in [1.82, 2.24) is 15.4 Å². The zero-order valence-electron chi connectivity index (χ0n) is 18.6. The van der Waals surface area contributed by atoms with Gasteiger partial charge in [-0.05, 0) is 42.8 Å². The largest absolute Gasteiger partial charge is 0.496 e. The number of carbonyl (C=O) groups excluding carboxylic acids is 1. The van der Waals surface area contributed by atoms with Crippen LogP contribution in [0.1, 0.15) is 38.6 Å². The summed E-state index contributed by atoms with van der Waals surface area (Å²) >= 11 is 8.88. The monoisotopic (exact) mass is 532 g/mol. The number of thioether (sulfide) groups is 1. The van der Waals surface area contributed by atoms with Crippen molar-refractivity contribution in [3.63, 3.8) is 0 Å². The van der Waals surface area contributed by atoms with Crippen molar-refractivity contribution in [3.05, 3.63) is 80.9 Å². The number of benzene rings is 2. The van der Waals surface area contributed by atoms with Gasteiger partial charge in [0.1, 0.15) is 16.3 Å². The predicted octanol–water partition coefficient (Wildman–Crippen LogP) is 6.66. The lowest BCUT2D eigenvalue weighted by Crippen LogP contribution is -2.16. The summed E-state index contributed by atoms with van der Waals surface area (Å²) in [6.45, 7) is 1.65. The first-order chi connectivity index (χ1) is 16.9. The summed E-state index contributed by atoms with van der Waals surface area (Å²) in [5.74, 6) is 0.612. The molecule has 4 aromatic rings. The third kappa shape index (κ3) is 5.95. The minimum Gasteiger partial charge on any atom is -0.496 e. The van der Waals surface area contributed by atoms with Gasteiger partial charge < -0.3 is 4.74 Å². The lowest BCUT2D eigenvalue weighted by molar-refractivity contribution is 0.0959. The summed E-state index contributed by atoms with van der Waals surface area (Å²) in [4.78, 5) is 21.1. The molecular formula is C24H19ClF2N4O2S2. The number of hydrogen-bond acceptors (Lipinski definition) is 7. The Kier molecular flexibility index (Phi) is 7.94. The number of ether oxygens (including phenoxy) is 1. The fraction of sp³-hybridized carbons (Fsp3) is 0.167. The van der Waals surface area contributed by atoms with E-state index < -0.39 is 12.3 Å². The van der Waals surface area contributed by atoms with E-state index in [9.17, 15) is 13.6 Å². The van der Waals surface area contributed by atoms with E-state index >= 15 is 0 Å². The summed E-state index contributed by atoms with van der Waals surface area (Å²) in [6.07, 6.45) is -1.16. The molecule has 0 aliphatic heterocycles.